The van der Waals surface area contributed by atoms with E-state index in [4.69, 9.17) is 9.97 Å². The van der Waals surface area contributed by atoms with E-state index in [1.54, 1.807) is 11.0 Å². The first-order valence-corrected chi connectivity index (χ1v) is 11.9. The van der Waals surface area contributed by atoms with Gasteiger partial charge in [0, 0.05) is 31.6 Å². The molecule has 10 heteroatoms. The predicted octanol–water partition coefficient (Wildman–Crippen LogP) is 1.88. The van der Waals surface area contributed by atoms with Gasteiger partial charge < -0.3 is 4.90 Å². The lowest BCUT2D eigenvalue weighted by atomic mass is 10.2. The Bertz CT molecular complexity index is 1180. The van der Waals surface area contributed by atoms with Crippen LogP contribution in [0.1, 0.15) is 14.5 Å². The van der Waals surface area contributed by atoms with Crippen LogP contribution in [0.15, 0.2) is 36.4 Å². The summed E-state index contributed by atoms with van der Waals surface area (Å²) in [6.07, 6.45) is 1.67. The van der Waals surface area contributed by atoms with E-state index in [1.165, 1.54) is 11.3 Å². The van der Waals surface area contributed by atoms with Crippen LogP contribution in [-0.2, 0) is 16.4 Å². The van der Waals surface area contributed by atoms with E-state index in [0.29, 0.717) is 42.6 Å². The highest BCUT2D eigenvalue weighted by atomic mass is 32.2. The molecule has 1 N–H and O–H groups in total. The second-order valence-corrected chi connectivity index (χ2v) is 9.92. The molecule has 1 aromatic carbocycles. The van der Waals surface area contributed by atoms with Crippen molar-refractivity contribution >= 4 is 49.9 Å². The predicted molar refractivity (Wildman–Crippen MR) is 115 cm³/mol. The number of likely N-dealkylation sites (N-methyl/N-ethyl adjacent to an activating group) is 1. The van der Waals surface area contributed by atoms with E-state index in [0.717, 1.165) is 22.2 Å². The molecule has 3 heterocycles. The van der Waals surface area contributed by atoms with Gasteiger partial charge in [-0.3, -0.25) is 9.69 Å². The van der Waals surface area contributed by atoms with Crippen molar-refractivity contribution in [2.75, 3.05) is 42.7 Å². The number of sulfonamides is 1. The van der Waals surface area contributed by atoms with Crippen LogP contribution in [0.3, 0.4) is 0 Å². The summed E-state index contributed by atoms with van der Waals surface area (Å²) in [5.74, 6) is 1.14. The Kier molecular flexibility index (Phi) is 5.24. The summed E-state index contributed by atoms with van der Waals surface area (Å²) >= 11 is 1.38. The number of rotatable bonds is 5. The molecule has 29 heavy (non-hydrogen) atoms. The van der Waals surface area contributed by atoms with Crippen LogP contribution < -0.4 is 14.5 Å². The van der Waals surface area contributed by atoms with Gasteiger partial charge in [-0.15, -0.1) is 11.3 Å². The first-order valence-electron chi connectivity index (χ1n) is 9.15. The number of nitrogens with one attached hydrogen (secondary N) is 1. The summed E-state index contributed by atoms with van der Waals surface area (Å²) < 4.78 is 24.9. The molecule has 4 rings (SSSR count). The lowest BCUT2D eigenvalue weighted by molar-refractivity contribution is 0.0989. The number of nitrogens with zero attached hydrogens (tertiary/aromatic N) is 4. The minimum Gasteiger partial charge on any atom is -0.355 e. The Balaban J connectivity index is 1.59. The zero-order valence-corrected chi connectivity index (χ0v) is 17.8. The Morgan fingerprint density at radius 2 is 1.79 bits per heavy atom. The fourth-order valence-electron chi connectivity index (χ4n) is 3.20. The first kappa shape index (κ1) is 19.7. The van der Waals surface area contributed by atoms with Gasteiger partial charge in [0.1, 0.15) is 0 Å². The van der Waals surface area contributed by atoms with E-state index in [2.05, 4.69) is 4.72 Å². The van der Waals surface area contributed by atoms with Gasteiger partial charge in [-0.05, 0) is 30.7 Å². The van der Waals surface area contributed by atoms with Crippen molar-refractivity contribution < 1.29 is 13.2 Å². The highest BCUT2D eigenvalue weighted by molar-refractivity contribution is 7.88. The van der Waals surface area contributed by atoms with Crippen LogP contribution in [-0.4, -0.2) is 57.2 Å². The van der Waals surface area contributed by atoms with Crippen LogP contribution in [0.2, 0.25) is 0 Å². The minimum atomic E-state index is -3.22. The summed E-state index contributed by atoms with van der Waals surface area (Å²) in [6.45, 7) is 1.50. The maximum atomic E-state index is 13.2. The third-order valence-electron chi connectivity index (χ3n) is 4.66. The second-order valence-electron chi connectivity index (χ2n) is 6.92. The minimum absolute atomic E-state index is 0.115. The molecule has 0 atom stereocenters. The number of para-hydroxylation sites is 2. The Hall–Kier alpha value is -2.56. The maximum absolute atomic E-state index is 13.2. The van der Waals surface area contributed by atoms with E-state index in [1.807, 2.05) is 42.3 Å². The number of aromatic nitrogens is 2. The molecule has 0 fully saturated rings. The number of benzene rings is 1. The molecule has 0 aliphatic carbocycles. The largest absolute Gasteiger partial charge is 0.355 e. The lowest BCUT2D eigenvalue weighted by Gasteiger charge is -2.33. The summed E-state index contributed by atoms with van der Waals surface area (Å²) in [7, 11) is -1.27. The average Bonchev–Trinajstić information content (AvgIpc) is 3.14. The van der Waals surface area contributed by atoms with Gasteiger partial charge in [-0.1, -0.05) is 12.1 Å². The quantitative estimate of drug-likeness (QED) is 0.663. The molecule has 1 amide bonds. The van der Waals surface area contributed by atoms with E-state index >= 15 is 0 Å². The topological polar surface area (TPSA) is 95.5 Å². The normalized spacial score (nSPS) is 14.3. The van der Waals surface area contributed by atoms with E-state index in [-0.39, 0.29) is 5.91 Å². The standard InChI is InChI=1S/C19H21N5O3S2/c1-23-11-12-24(18-17(23)21-14-5-3-4-6-15(14)22-18)19(25)16-8-7-13(28-16)9-10-20-29(2,26)27/h3-8,20H,9-12H2,1-2H3. The number of anilines is 2. The molecule has 152 valence electrons. The van der Waals surface area contributed by atoms with Crippen LogP contribution in [0, 0.1) is 0 Å². The van der Waals surface area contributed by atoms with Crippen LogP contribution >= 0.6 is 11.3 Å². The number of amides is 1. The number of fused-ring (bicyclic) bond motifs is 2. The van der Waals surface area contributed by atoms with Gasteiger partial charge in [0.05, 0.1) is 22.2 Å². The van der Waals surface area contributed by atoms with Gasteiger partial charge in [-0.25, -0.2) is 23.1 Å². The van der Waals surface area contributed by atoms with Crippen molar-refractivity contribution in [3.05, 3.63) is 46.2 Å². The van der Waals surface area contributed by atoms with Gasteiger partial charge in [0.2, 0.25) is 10.0 Å². The van der Waals surface area contributed by atoms with Gasteiger partial charge in [-0.2, -0.15) is 0 Å². The number of hydrogen-bond donors (Lipinski definition) is 1. The van der Waals surface area contributed by atoms with Gasteiger partial charge in [0.25, 0.3) is 5.91 Å². The van der Waals surface area contributed by atoms with E-state index in [9.17, 15) is 13.2 Å². The molecule has 8 nitrogen and oxygen atoms in total. The van der Waals surface area contributed by atoms with Crippen LogP contribution in [0.4, 0.5) is 11.6 Å². The van der Waals surface area contributed by atoms with Crippen LogP contribution in [0.25, 0.3) is 11.0 Å². The molecule has 0 spiro atoms. The number of hydrogen-bond acceptors (Lipinski definition) is 7. The van der Waals surface area contributed by atoms with Crippen molar-refractivity contribution in [1.82, 2.24) is 14.7 Å². The van der Waals surface area contributed by atoms with E-state index < -0.39 is 10.0 Å². The first-order chi connectivity index (χ1) is 13.8. The highest BCUT2D eigenvalue weighted by Gasteiger charge is 2.29. The average molecular weight is 432 g/mol. The summed E-state index contributed by atoms with van der Waals surface area (Å²) in [4.78, 5) is 27.8. The molecule has 2 aromatic heterocycles. The smallest absolute Gasteiger partial charge is 0.269 e. The molecule has 0 unspecified atom stereocenters. The van der Waals surface area contributed by atoms with Crippen molar-refractivity contribution in [2.24, 2.45) is 0 Å². The maximum Gasteiger partial charge on any atom is 0.269 e. The molecule has 0 saturated heterocycles. The molecule has 3 aromatic rings. The number of carbonyl (C=O) groups is 1. The molecule has 1 aliphatic rings. The van der Waals surface area contributed by atoms with Crippen molar-refractivity contribution in [2.45, 2.75) is 6.42 Å². The lowest BCUT2D eigenvalue weighted by Crippen LogP contribution is -2.43. The monoisotopic (exact) mass is 431 g/mol. The van der Waals surface area contributed by atoms with Gasteiger partial charge >= 0.3 is 0 Å². The summed E-state index contributed by atoms with van der Waals surface area (Å²) in [5.41, 5.74) is 1.54. The Labute approximate surface area is 173 Å². The third kappa shape index (κ3) is 4.24. The molecule has 0 saturated carbocycles. The zero-order chi connectivity index (χ0) is 20.6. The second kappa shape index (κ2) is 7.69. The zero-order valence-electron chi connectivity index (χ0n) is 16.1. The SMILES string of the molecule is CN1CCN(C(=O)c2ccc(CCNS(C)(=O)=O)s2)c2nc3ccccc3nc21. The summed E-state index contributed by atoms with van der Waals surface area (Å²) in [5, 5.41) is 0. The fourth-order valence-corrected chi connectivity index (χ4v) is 4.63. The summed E-state index contributed by atoms with van der Waals surface area (Å²) in [6, 6.07) is 11.3. The number of thiophene rings is 1. The molecule has 0 bridgehead atoms. The third-order valence-corrected chi connectivity index (χ3v) is 6.53. The highest BCUT2D eigenvalue weighted by Crippen LogP contribution is 2.32. The van der Waals surface area contributed by atoms with Crippen molar-refractivity contribution in [3.8, 4) is 0 Å². The van der Waals surface area contributed by atoms with Crippen molar-refractivity contribution in [3.63, 3.8) is 0 Å². The molecular formula is C19H21N5O3S2. The molecular weight excluding hydrogens is 410 g/mol. The Morgan fingerprint density at radius 1 is 1.10 bits per heavy atom. The van der Waals surface area contributed by atoms with Gasteiger partial charge in [0.15, 0.2) is 11.6 Å². The molecule has 1 aliphatic heterocycles. The molecule has 0 radical (unpaired) electrons. The number of carbonyl (C=O) groups excluding carboxylic acids is 1. The fraction of sp³-hybridized carbons (Fsp3) is 0.316. The Morgan fingerprint density at radius 3 is 2.48 bits per heavy atom. The van der Waals surface area contributed by atoms with Crippen LogP contribution in [0.5, 0.6) is 0 Å². The van der Waals surface area contributed by atoms with Crippen molar-refractivity contribution in [1.29, 1.82) is 0 Å².